The van der Waals surface area contributed by atoms with Crippen molar-refractivity contribution in [2.75, 3.05) is 18.4 Å². The number of amides is 1. The zero-order chi connectivity index (χ0) is 13.7. The molecule has 1 aromatic rings. The third kappa shape index (κ3) is 4.31. The number of nitrogens with one attached hydrogen (secondary N) is 2. The Morgan fingerprint density at radius 3 is 2.89 bits per heavy atom. The van der Waals surface area contributed by atoms with E-state index < -0.39 is 0 Å². The smallest absolute Gasteiger partial charge is 0.224 e. The number of carbonyl (C=O) groups is 1. The van der Waals surface area contributed by atoms with Crippen LogP contribution in [0.25, 0.3) is 0 Å². The van der Waals surface area contributed by atoms with Gasteiger partial charge in [0.25, 0.3) is 0 Å². The van der Waals surface area contributed by atoms with E-state index >= 15 is 0 Å². The Balaban J connectivity index is 1.81. The number of piperidine rings is 1. The normalized spacial score (nSPS) is 16.3. The van der Waals surface area contributed by atoms with Crippen molar-refractivity contribution in [3.8, 4) is 0 Å². The van der Waals surface area contributed by atoms with Gasteiger partial charge >= 0.3 is 0 Å². The number of benzene rings is 1. The van der Waals surface area contributed by atoms with Crippen LogP contribution in [-0.4, -0.2) is 19.0 Å². The summed E-state index contributed by atoms with van der Waals surface area (Å²) < 4.78 is 13.5. The summed E-state index contributed by atoms with van der Waals surface area (Å²) in [7, 11) is 0. The molecular formula is C15H21FN2O. The van der Waals surface area contributed by atoms with Crippen LogP contribution in [0, 0.1) is 18.7 Å². The number of halogens is 1. The van der Waals surface area contributed by atoms with E-state index in [0.29, 0.717) is 12.3 Å². The number of hydrogen-bond acceptors (Lipinski definition) is 2. The first-order chi connectivity index (χ1) is 9.15. The third-order valence-corrected chi connectivity index (χ3v) is 3.63. The number of aryl methyl sites for hydroxylation is 1. The maximum Gasteiger partial charge on any atom is 0.224 e. The minimum Gasteiger partial charge on any atom is -0.324 e. The molecule has 0 atom stereocenters. The van der Waals surface area contributed by atoms with Crippen molar-refractivity contribution >= 4 is 11.6 Å². The number of rotatable bonds is 4. The first kappa shape index (κ1) is 14.0. The van der Waals surface area contributed by atoms with E-state index in [1.54, 1.807) is 12.1 Å². The molecule has 0 unspecified atom stereocenters. The summed E-state index contributed by atoms with van der Waals surface area (Å²) in [5, 5.41) is 5.97. The van der Waals surface area contributed by atoms with Gasteiger partial charge in [-0.1, -0.05) is 6.07 Å². The van der Waals surface area contributed by atoms with Gasteiger partial charge in [-0.05, 0) is 62.9 Å². The van der Waals surface area contributed by atoms with Crippen molar-refractivity contribution in [3.63, 3.8) is 0 Å². The molecule has 0 spiro atoms. The number of carbonyl (C=O) groups excluding carboxylic acids is 1. The zero-order valence-electron chi connectivity index (χ0n) is 11.3. The second kappa shape index (κ2) is 6.66. The SMILES string of the molecule is Cc1ccc(F)c(NC(=O)CCC2CCNCC2)c1. The van der Waals surface area contributed by atoms with Crippen molar-refractivity contribution in [2.45, 2.75) is 32.6 Å². The van der Waals surface area contributed by atoms with Gasteiger partial charge in [0.15, 0.2) is 0 Å². The highest BCUT2D eigenvalue weighted by molar-refractivity contribution is 5.90. The molecule has 1 aliphatic rings. The fourth-order valence-corrected chi connectivity index (χ4v) is 2.45. The lowest BCUT2D eigenvalue weighted by molar-refractivity contribution is -0.116. The van der Waals surface area contributed by atoms with E-state index in [9.17, 15) is 9.18 Å². The predicted molar refractivity (Wildman–Crippen MR) is 74.6 cm³/mol. The average molecular weight is 264 g/mol. The first-order valence-electron chi connectivity index (χ1n) is 6.92. The molecule has 0 radical (unpaired) electrons. The van der Waals surface area contributed by atoms with Crippen LogP contribution in [0.15, 0.2) is 18.2 Å². The van der Waals surface area contributed by atoms with Crippen LogP contribution in [-0.2, 0) is 4.79 Å². The van der Waals surface area contributed by atoms with Crippen LogP contribution >= 0.6 is 0 Å². The van der Waals surface area contributed by atoms with Crippen molar-refractivity contribution in [1.29, 1.82) is 0 Å². The molecule has 0 aromatic heterocycles. The Morgan fingerprint density at radius 1 is 1.42 bits per heavy atom. The summed E-state index contributed by atoms with van der Waals surface area (Å²) >= 11 is 0. The molecule has 2 rings (SSSR count). The van der Waals surface area contributed by atoms with E-state index in [1.165, 1.54) is 6.07 Å². The summed E-state index contributed by atoms with van der Waals surface area (Å²) in [5.74, 6) is 0.151. The van der Waals surface area contributed by atoms with Gasteiger partial charge in [0, 0.05) is 6.42 Å². The molecule has 4 heteroatoms. The standard InChI is InChI=1S/C15H21FN2O/c1-11-2-4-13(16)14(10-11)18-15(19)5-3-12-6-8-17-9-7-12/h2,4,10,12,17H,3,5-9H2,1H3,(H,18,19). The molecule has 1 aliphatic heterocycles. The van der Waals surface area contributed by atoms with Gasteiger partial charge in [-0.3, -0.25) is 4.79 Å². The molecule has 1 heterocycles. The van der Waals surface area contributed by atoms with E-state index in [4.69, 9.17) is 0 Å². The quantitative estimate of drug-likeness (QED) is 0.878. The lowest BCUT2D eigenvalue weighted by Crippen LogP contribution is -2.28. The Hall–Kier alpha value is -1.42. The Bertz CT molecular complexity index is 442. The fraction of sp³-hybridized carbons (Fsp3) is 0.533. The van der Waals surface area contributed by atoms with Crippen LogP contribution in [0.3, 0.4) is 0 Å². The van der Waals surface area contributed by atoms with Crippen molar-refractivity contribution in [3.05, 3.63) is 29.6 Å². The molecule has 3 nitrogen and oxygen atoms in total. The third-order valence-electron chi connectivity index (χ3n) is 3.63. The van der Waals surface area contributed by atoms with Crippen LogP contribution in [0.5, 0.6) is 0 Å². The van der Waals surface area contributed by atoms with Gasteiger partial charge in [-0.2, -0.15) is 0 Å². The van der Waals surface area contributed by atoms with Gasteiger partial charge in [-0.15, -0.1) is 0 Å². The lowest BCUT2D eigenvalue weighted by Gasteiger charge is -2.22. The van der Waals surface area contributed by atoms with E-state index in [-0.39, 0.29) is 17.4 Å². The van der Waals surface area contributed by atoms with Gasteiger partial charge in [-0.25, -0.2) is 4.39 Å². The molecular weight excluding hydrogens is 243 g/mol. The van der Waals surface area contributed by atoms with Gasteiger partial charge in [0.2, 0.25) is 5.91 Å². The summed E-state index contributed by atoms with van der Waals surface area (Å²) in [5.41, 5.74) is 1.23. The van der Waals surface area contributed by atoms with E-state index in [0.717, 1.165) is 37.9 Å². The summed E-state index contributed by atoms with van der Waals surface area (Å²) in [4.78, 5) is 11.8. The topological polar surface area (TPSA) is 41.1 Å². The van der Waals surface area contributed by atoms with Crippen LogP contribution in [0.4, 0.5) is 10.1 Å². The molecule has 1 amide bonds. The zero-order valence-corrected chi connectivity index (χ0v) is 11.3. The first-order valence-corrected chi connectivity index (χ1v) is 6.92. The lowest BCUT2D eigenvalue weighted by atomic mass is 9.93. The Kier molecular flexibility index (Phi) is 4.91. The highest BCUT2D eigenvalue weighted by atomic mass is 19.1. The van der Waals surface area contributed by atoms with Gasteiger partial charge in [0.05, 0.1) is 5.69 Å². The largest absolute Gasteiger partial charge is 0.324 e. The second-order valence-electron chi connectivity index (χ2n) is 5.26. The molecule has 0 saturated carbocycles. The monoisotopic (exact) mass is 264 g/mol. The summed E-state index contributed by atoms with van der Waals surface area (Å²) in [6.45, 7) is 3.96. The Morgan fingerprint density at radius 2 is 2.16 bits per heavy atom. The second-order valence-corrected chi connectivity index (χ2v) is 5.26. The maximum absolute atomic E-state index is 13.5. The van der Waals surface area contributed by atoms with Crippen molar-refractivity contribution in [2.24, 2.45) is 5.92 Å². The van der Waals surface area contributed by atoms with E-state index in [2.05, 4.69) is 10.6 Å². The summed E-state index contributed by atoms with van der Waals surface area (Å²) in [6.07, 6.45) is 3.62. The minimum absolute atomic E-state index is 0.0944. The Labute approximate surface area is 113 Å². The van der Waals surface area contributed by atoms with E-state index in [1.807, 2.05) is 6.92 Å². The molecule has 19 heavy (non-hydrogen) atoms. The number of hydrogen-bond donors (Lipinski definition) is 2. The fourth-order valence-electron chi connectivity index (χ4n) is 2.45. The van der Waals surface area contributed by atoms with Crippen LogP contribution in [0.2, 0.25) is 0 Å². The molecule has 1 saturated heterocycles. The van der Waals surface area contributed by atoms with Crippen LogP contribution < -0.4 is 10.6 Å². The van der Waals surface area contributed by atoms with Crippen LogP contribution in [0.1, 0.15) is 31.2 Å². The molecule has 1 aromatic carbocycles. The number of anilines is 1. The predicted octanol–water partition coefficient (Wildman–Crippen LogP) is 2.85. The van der Waals surface area contributed by atoms with Crippen molar-refractivity contribution < 1.29 is 9.18 Å². The minimum atomic E-state index is -0.374. The van der Waals surface area contributed by atoms with Gasteiger partial charge < -0.3 is 10.6 Å². The molecule has 0 aliphatic carbocycles. The maximum atomic E-state index is 13.5. The highest BCUT2D eigenvalue weighted by Crippen LogP contribution is 2.19. The van der Waals surface area contributed by atoms with Crippen molar-refractivity contribution in [1.82, 2.24) is 5.32 Å². The average Bonchev–Trinajstić information content (AvgIpc) is 2.42. The molecule has 2 N–H and O–H groups in total. The molecule has 1 fully saturated rings. The molecule has 0 bridgehead atoms. The van der Waals surface area contributed by atoms with Gasteiger partial charge in [0.1, 0.15) is 5.82 Å². The highest BCUT2D eigenvalue weighted by Gasteiger charge is 2.15. The summed E-state index contributed by atoms with van der Waals surface area (Å²) in [6, 6.07) is 4.75. The molecule has 104 valence electrons.